The number of ether oxygens (including phenoxy) is 1. The summed E-state index contributed by atoms with van der Waals surface area (Å²) in [5.74, 6) is 1.79. The van der Waals surface area contributed by atoms with Gasteiger partial charge in [0.1, 0.15) is 12.4 Å². The molecule has 0 radical (unpaired) electrons. The van der Waals surface area contributed by atoms with E-state index in [2.05, 4.69) is 83.1 Å². The van der Waals surface area contributed by atoms with E-state index in [1.165, 1.54) is 11.3 Å². The van der Waals surface area contributed by atoms with Crippen molar-refractivity contribution in [1.82, 2.24) is 19.7 Å². The summed E-state index contributed by atoms with van der Waals surface area (Å²) in [7, 11) is 5.93. The van der Waals surface area contributed by atoms with Crippen molar-refractivity contribution in [2.24, 2.45) is 12.0 Å². The predicted molar refractivity (Wildman–Crippen MR) is 117 cm³/mol. The largest absolute Gasteiger partial charge is 0.492 e. The van der Waals surface area contributed by atoms with Gasteiger partial charge in [-0.15, -0.1) is 0 Å². The summed E-state index contributed by atoms with van der Waals surface area (Å²) in [6.07, 6.45) is 2.06. The SMILES string of the molecule is CCN(CC)CCOc1ccc(CNC(=NC)N(C)Cc2cccn2C)cc1. The number of aliphatic imine (C=N–C) groups is 1. The smallest absolute Gasteiger partial charge is 0.194 e. The number of aromatic nitrogens is 1. The van der Waals surface area contributed by atoms with E-state index in [1.807, 2.05) is 19.2 Å². The molecule has 0 saturated carbocycles. The van der Waals surface area contributed by atoms with E-state index in [-0.39, 0.29) is 0 Å². The molecular formula is C22H35N5O. The summed E-state index contributed by atoms with van der Waals surface area (Å²) in [6, 6.07) is 12.5. The van der Waals surface area contributed by atoms with Crippen LogP contribution in [-0.4, -0.2) is 60.7 Å². The van der Waals surface area contributed by atoms with E-state index in [1.54, 1.807) is 0 Å². The molecule has 0 aliphatic rings. The van der Waals surface area contributed by atoms with Crippen LogP contribution in [-0.2, 0) is 20.1 Å². The molecule has 6 heteroatoms. The quantitative estimate of drug-likeness (QED) is 0.505. The molecule has 0 saturated heterocycles. The minimum Gasteiger partial charge on any atom is -0.492 e. The van der Waals surface area contributed by atoms with Crippen LogP contribution < -0.4 is 10.1 Å². The van der Waals surface area contributed by atoms with Gasteiger partial charge < -0.3 is 24.4 Å². The Bertz CT molecular complexity index is 719. The van der Waals surface area contributed by atoms with Gasteiger partial charge in [0.15, 0.2) is 5.96 Å². The fourth-order valence-corrected chi connectivity index (χ4v) is 3.08. The standard InChI is InChI=1S/C22H35N5O/c1-6-27(7-2)15-16-28-21-12-10-19(11-13-21)17-24-22(23-3)26(5)18-20-9-8-14-25(20)4/h8-14H,6-7,15-18H2,1-5H3,(H,23,24). The van der Waals surface area contributed by atoms with Crippen LogP contribution in [0.5, 0.6) is 5.75 Å². The second kappa shape index (κ2) is 11.4. The molecule has 1 N–H and O–H groups in total. The van der Waals surface area contributed by atoms with Crippen LogP contribution >= 0.6 is 0 Å². The molecule has 0 aliphatic carbocycles. The van der Waals surface area contributed by atoms with Gasteiger partial charge in [-0.25, -0.2) is 0 Å². The zero-order chi connectivity index (χ0) is 20.4. The third-order valence-electron chi connectivity index (χ3n) is 4.97. The van der Waals surface area contributed by atoms with Gasteiger partial charge in [-0.2, -0.15) is 0 Å². The van der Waals surface area contributed by atoms with Crippen molar-refractivity contribution in [2.45, 2.75) is 26.9 Å². The van der Waals surface area contributed by atoms with Crippen LogP contribution in [0.1, 0.15) is 25.1 Å². The highest BCUT2D eigenvalue weighted by Crippen LogP contribution is 2.12. The first kappa shape index (κ1) is 21.8. The highest BCUT2D eigenvalue weighted by Gasteiger charge is 2.08. The van der Waals surface area contributed by atoms with Gasteiger partial charge in [-0.3, -0.25) is 4.99 Å². The fraction of sp³-hybridized carbons (Fsp3) is 0.500. The van der Waals surface area contributed by atoms with Gasteiger partial charge in [0, 0.05) is 46.1 Å². The van der Waals surface area contributed by atoms with Gasteiger partial charge in [0.25, 0.3) is 0 Å². The molecule has 0 amide bonds. The van der Waals surface area contributed by atoms with E-state index < -0.39 is 0 Å². The molecule has 1 heterocycles. The van der Waals surface area contributed by atoms with Crippen LogP contribution in [0.2, 0.25) is 0 Å². The van der Waals surface area contributed by atoms with Crippen molar-refractivity contribution >= 4 is 5.96 Å². The molecule has 2 aromatic rings. The normalized spacial score (nSPS) is 11.7. The first-order valence-corrected chi connectivity index (χ1v) is 10.0. The maximum Gasteiger partial charge on any atom is 0.194 e. The van der Waals surface area contributed by atoms with Crippen LogP contribution in [0, 0.1) is 0 Å². The topological polar surface area (TPSA) is 45.0 Å². The number of hydrogen-bond donors (Lipinski definition) is 1. The Morgan fingerprint density at radius 1 is 1.14 bits per heavy atom. The minimum atomic E-state index is 0.718. The highest BCUT2D eigenvalue weighted by atomic mass is 16.5. The van der Waals surface area contributed by atoms with E-state index in [0.29, 0.717) is 0 Å². The van der Waals surface area contributed by atoms with E-state index in [0.717, 1.165) is 51.0 Å². The molecule has 0 atom stereocenters. The van der Waals surface area contributed by atoms with E-state index in [4.69, 9.17) is 4.74 Å². The third kappa shape index (κ3) is 6.60. The monoisotopic (exact) mass is 385 g/mol. The second-order valence-electron chi connectivity index (χ2n) is 6.89. The average molecular weight is 386 g/mol. The third-order valence-corrected chi connectivity index (χ3v) is 4.97. The number of guanidine groups is 1. The maximum absolute atomic E-state index is 5.85. The van der Waals surface area contributed by atoms with Gasteiger partial charge in [0.2, 0.25) is 0 Å². The molecular weight excluding hydrogens is 350 g/mol. The van der Waals surface area contributed by atoms with Crippen LogP contribution in [0.3, 0.4) is 0 Å². The number of benzene rings is 1. The molecule has 0 spiro atoms. The molecule has 0 aliphatic heterocycles. The molecule has 154 valence electrons. The lowest BCUT2D eigenvalue weighted by atomic mass is 10.2. The van der Waals surface area contributed by atoms with Gasteiger partial charge in [0.05, 0.1) is 6.54 Å². The number of nitrogens with zero attached hydrogens (tertiary/aromatic N) is 4. The van der Waals surface area contributed by atoms with Crippen LogP contribution in [0.25, 0.3) is 0 Å². The maximum atomic E-state index is 5.85. The first-order chi connectivity index (χ1) is 13.6. The summed E-state index contributed by atoms with van der Waals surface area (Å²) in [5.41, 5.74) is 2.45. The fourth-order valence-electron chi connectivity index (χ4n) is 3.08. The molecule has 2 rings (SSSR count). The highest BCUT2D eigenvalue weighted by molar-refractivity contribution is 5.79. The lowest BCUT2D eigenvalue weighted by molar-refractivity contribution is 0.223. The zero-order valence-corrected chi connectivity index (χ0v) is 18.0. The molecule has 0 fully saturated rings. The van der Waals surface area contributed by atoms with Crippen molar-refractivity contribution < 1.29 is 4.74 Å². The Morgan fingerprint density at radius 3 is 2.43 bits per heavy atom. The summed E-state index contributed by atoms with van der Waals surface area (Å²) < 4.78 is 7.98. The summed E-state index contributed by atoms with van der Waals surface area (Å²) in [5, 5.41) is 3.43. The van der Waals surface area contributed by atoms with Crippen molar-refractivity contribution in [1.29, 1.82) is 0 Å². The molecule has 0 bridgehead atoms. The summed E-state index contributed by atoms with van der Waals surface area (Å²) in [4.78, 5) is 8.88. The van der Waals surface area contributed by atoms with Gasteiger partial charge >= 0.3 is 0 Å². The molecule has 0 unspecified atom stereocenters. The van der Waals surface area contributed by atoms with Crippen molar-refractivity contribution in [3.63, 3.8) is 0 Å². The Hall–Kier alpha value is -2.47. The Kier molecular flexibility index (Phi) is 8.88. The number of aryl methyl sites for hydroxylation is 1. The molecule has 6 nitrogen and oxygen atoms in total. The minimum absolute atomic E-state index is 0.718. The number of likely N-dealkylation sites (N-methyl/N-ethyl adjacent to an activating group) is 1. The summed E-state index contributed by atoms with van der Waals surface area (Å²) in [6.45, 7) is 9.68. The number of nitrogens with one attached hydrogen (secondary N) is 1. The Morgan fingerprint density at radius 2 is 1.86 bits per heavy atom. The molecule has 28 heavy (non-hydrogen) atoms. The number of rotatable bonds is 10. The predicted octanol–water partition coefficient (Wildman–Crippen LogP) is 2.95. The Balaban J connectivity index is 1.80. The lowest BCUT2D eigenvalue weighted by Gasteiger charge is -2.22. The van der Waals surface area contributed by atoms with Crippen molar-refractivity contribution in [2.75, 3.05) is 40.3 Å². The van der Waals surface area contributed by atoms with Gasteiger partial charge in [-0.05, 0) is 42.9 Å². The second-order valence-corrected chi connectivity index (χ2v) is 6.89. The molecule has 1 aromatic carbocycles. The van der Waals surface area contributed by atoms with E-state index in [9.17, 15) is 0 Å². The molecule has 1 aromatic heterocycles. The number of hydrogen-bond acceptors (Lipinski definition) is 3. The lowest BCUT2D eigenvalue weighted by Crippen LogP contribution is -2.38. The van der Waals surface area contributed by atoms with Crippen molar-refractivity contribution in [3.05, 3.63) is 53.9 Å². The summed E-state index contributed by atoms with van der Waals surface area (Å²) >= 11 is 0. The van der Waals surface area contributed by atoms with Crippen LogP contribution in [0.4, 0.5) is 0 Å². The van der Waals surface area contributed by atoms with E-state index >= 15 is 0 Å². The first-order valence-electron chi connectivity index (χ1n) is 10.0. The van der Waals surface area contributed by atoms with Crippen molar-refractivity contribution in [3.8, 4) is 5.75 Å². The Labute approximate surface area is 169 Å². The van der Waals surface area contributed by atoms with Crippen LogP contribution in [0.15, 0.2) is 47.6 Å². The zero-order valence-electron chi connectivity index (χ0n) is 18.0. The average Bonchev–Trinajstić information content (AvgIpc) is 3.11. The van der Waals surface area contributed by atoms with Gasteiger partial charge in [-0.1, -0.05) is 26.0 Å².